The number of pyridine rings is 1. The summed E-state index contributed by atoms with van der Waals surface area (Å²) in [5.41, 5.74) is 0.751. The van der Waals surface area contributed by atoms with Gasteiger partial charge in [-0.3, -0.25) is 9.53 Å². The summed E-state index contributed by atoms with van der Waals surface area (Å²) in [6.45, 7) is 0. The first-order valence-electron chi connectivity index (χ1n) is 11.2. The molecule has 5 rings (SSSR count). The smallest absolute Gasteiger partial charge is 0.425 e. The van der Waals surface area contributed by atoms with E-state index in [4.69, 9.17) is 16.0 Å². The van der Waals surface area contributed by atoms with Gasteiger partial charge in [-0.05, 0) is 68.9 Å². The van der Waals surface area contributed by atoms with Gasteiger partial charge in [0.2, 0.25) is 17.7 Å². The van der Waals surface area contributed by atoms with Crippen LogP contribution in [-0.2, 0) is 9.53 Å². The lowest BCUT2D eigenvalue weighted by Crippen LogP contribution is -2.34. The number of hydrogen-bond donors (Lipinski definition) is 1. The number of carbonyl (C=O) groups is 1. The standard InChI is InChI=1S/C23H22ClF3N4O3/c24-16-6-7-18-14(9-16)5-8-19(28-18)29-20(32)12-1-3-13(4-2-12)21-30-31-22(33-21)15-10-17(11-15)34-23(25,26)27/h5-9,12-13,15,17H,1-4,10-11H2,(H,28,29,32). The van der Waals surface area contributed by atoms with Gasteiger partial charge in [0.15, 0.2) is 0 Å². The Morgan fingerprint density at radius 2 is 1.74 bits per heavy atom. The molecule has 2 heterocycles. The molecule has 3 aromatic rings. The van der Waals surface area contributed by atoms with Gasteiger partial charge in [-0.25, -0.2) is 4.98 Å². The summed E-state index contributed by atoms with van der Waals surface area (Å²) in [6, 6.07) is 9.01. The minimum absolute atomic E-state index is 0.0381. The fourth-order valence-corrected chi connectivity index (χ4v) is 4.81. The van der Waals surface area contributed by atoms with Crippen molar-refractivity contribution in [1.29, 1.82) is 0 Å². The summed E-state index contributed by atoms with van der Waals surface area (Å²) in [7, 11) is 0. The second-order valence-electron chi connectivity index (χ2n) is 8.90. The molecular formula is C23H22ClF3N4O3. The first-order valence-corrected chi connectivity index (χ1v) is 11.6. The van der Waals surface area contributed by atoms with Crippen molar-refractivity contribution in [3.8, 4) is 0 Å². The molecule has 7 nitrogen and oxygen atoms in total. The third-order valence-corrected chi connectivity index (χ3v) is 6.79. The van der Waals surface area contributed by atoms with Gasteiger partial charge >= 0.3 is 6.36 Å². The van der Waals surface area contributed by atoms with E-state index in [2.05, 4.69) is 25.2 Å². The van der Waals surface area contributed by atoms with E-state index in [0.717, 1.165) is 10.9 Å². The molecule has 2 aliphatic carbocycles. The van der Waals surface area contributed by atoms with Crippen LogP contribution in [0.2, 0.25) is 5.02 Å². The fraction of sp³-hybridized carbons (Fsp3) is 0.478. The Bertz CT molecular complexity index is 1190. The minimum atomic E-state index is -4.63. The molecular weight excluding hydrogens is 473 g/mol. The zero-order valence-corrected chi connectivity index (χ0v) is 18.8. The van der Waals surface area contributed by atoms with Gasteiger partial charge in [-0.1, -0.05) is 11.6 Å². The molecule has 0 saturated heterocycles. The Labute approximate surface area is 198 Å². The Morgan fingerprint density at radius 3 is 2.44 bits per heavy atom. The van der Waals surface area contributed by atoms with Crippen molar-refractivity contribution in [3.05, 3.63) is 47.1 Å². The number of rotatable bonds is 5. The number of alkyl halides is 3. The third kappa shape index (κ3) is 5.17. The molecule has 180 valence electrons. The van der Waals surface area contributed by atoms with Crippen LogP contribution in [0.5, 0.6) is 0 Å². The number of anilines is 1. The number of halogens is 4. The molecule has 1 amide bonds. The number of nitrogens with zero attached hydrogens (tertiary/aromatic N) is 3. The van der Waals surface area contributed by atoms with Crippen molar-refractivity contribution in [1.82, 2.24) is 15.2 Å². The van der Waals surface area contributed by atoms with Gasteiger partial charge in [0, 0.05) is 28.2 Å². The van der Waals surface area contributed by atoms with Gasteiger partial charge in [-0.2, -0.15) is 0 Å². The molecule has 11 heteroatoms. The number of amides is 1. The predicted molar refractivity (Wildman–Crippen MR) is 117 cm³/mol. The average molecular weight is 495 g/mol. The summed E-state index contributed by atoms with van der Waals surface area (Å²) >= 11 is 6.00. The Morgan fingerprint density at radius 1 is 1.03 bits per heavy atom. The van der Waals surface area contributed by atoms with Crippen LogP contribution in [0.1, 0.15) is 62.1 Å². The van der Waals surface area contributed by atoms with Gasteiger partial charge in [0.05, 0.1) is 11.6 Å². The molecule has 0 spiro atoms. The molecule has 2 aliphatic rings. The molecule has 0 bridgehead atoms. The van der Waals surface area contributed by atoms with E-state index in [1.807, 2.05) is 18.2 Å². The van der Waals surface area contributed by atoms with Crippen LogP contribution in [-0.4, -0.2) is 33.6 Å². The summed E-state index contributed by atoms with van der Waals surface area (Å²) < 4.78 is 46.6. The van der Waals surface area contributed by atoms with E-state index >= 15 is 0 Å². The van der Waals surface area contributed by atoms with Crippen LogP contribution in [0.4, 0.5) is 19.0 Å². The zero-order chi connectivity index (χ0) is 23.9. The monoisotopic (exact) mass is 494 g/mol. The maximum atomic E-state index is 12.8. The van der Waals surface area contributed by atoms with Crippen molar-refractivity contribution < 1.29 is 27.1 Å². The van der Waals surface area contributed by atoms with E-state index in [0.29, 0.717) is 48.3 Å². The quantitative estimate of drug-likeness (QED) is 0.470. The largest absolute Gasteiger partial charge is 0.522 e. The molecule has 2 saturated carbocycles. The first kappa shape index (κ1) is 23.0. The van der Waals surface area contributed by atoms with Crippen LogP contribution in [0.25, 0.3) is 10.9 Å². The number of ether oxygens (including phenoxy) is 1. The molecule has 0 unspecified atom stereocenters. The molecule has 34 heavy (non-hydrogen) atoms. The second-order valence-corrected chi connectivity index (χ2v) is 9.34. The molecule has 1 N–H and O–H groups in total. The van der Waals surface area contributed by atoms with E-state index in [-0.39, 0.29) is 36.5 Å². The number of hydrogen-bond acceptors (Lipinski definition) is 6. The molecule has 0 atom stereocenters. The highest BCUT2D eigenvalue weighted by Gasteiger charge is 2.42. The molecule has 1 aromatic carbocycles. The van der Waals surface area contributed by atoms with Crippen LogP contribution in [0, 0.1) is 5.92 Å². The SMILES string of the molecule is O=C(Nc1ccc2cc(Cl)ccc2n1)C1CCC(c2nnc(C3CC(OC(F)(F)F)C3)o2)CC1. The van der Waals surface area contributed by atoms with Crippen molar-refractivity contribution in [3.63, 3.8) is 0 Å². The molecule has 0 aliphatic heterocycles. The number of aromatic nitrogens is 3. The molecule has 2 fully saturated rings. The highest BCUT2D eigenvalue weighted by molar-refractivity contribution is 6.31. The summed E-state index contributed by atoms with van der Waals surface area (Å²) in [6.07, 6.45) is -2.29. The fourth-order valence-electron chi connectivity index (χ4n) is 4.63. The second kappa shape index (κ2) is 9.14. The normalized spacial score (nSPS) is 25.2. The van der Waals surface area contributed by atoms with E-state index in [1.54, 1.807) is 12.1 Å². The van der Waals surface area contributed by atoms with Gasteiger partial charge in [-0.15, -0.1) is 23.4 Å². The molecule has 2 aromatic heterocycles. The maximum absolute atomic E-state index is 12.8. The highest BCUT2D eigenvalue weighted by Crippen LogP contribution is 2.42. The zero-order valence-electron chi connectivity index (χ0n) is 18.0. The third-order valence-electron chi connectivity index (χ3n) is 6.55. The van der Waals surface area contributed by atoms with Crippen LogP contribution < -0.4 is 5.32 Å². The number of benzene rings is 1. The van der Waals surface area contributed by atoms with Crippen molar-refractivity contribution in [2.75, 3.05) is 5.32 Å². The van der Waals surface area contributed by atoms with Crippen LogP contribution in [0.15, 0.2) is 34.7 Å². The first-order chi connectivity index (χ1) is 16.2. The molecule has 0 radical (unpaired) electrons. The Hall–Kier alpha value is -2.72. The van der Waals surface area contributed by atoms with Gasteiger partial charge < -0.3 is 9.73 Å². The predicted octanol–water partition coefficient (Wildman–Crippen LogP) is 5.97. The lowest BCUT2D eigenvalue weighted by Gasteiger charge is -2.32. The van der Waals surface area contributed by atoms with Crippen LogP contribution in [0.3, 0.4) is 0 Å². The topological polar surface area (TPSA) is 90.1 Å². The number of fused-ring (bicyclic) bond motifs is 1. The van der Waals surface area contributed by atoms with E-state index in [1.165, 1.54) is 0 Å². The average Bonchev–Trinajstić information content (AvgIpc) is 3.25. The summed E-state index contributed by atoms with van der Waals surface area (Å²) in [5.74, 6) is 0.961. The summed E-state index contributed by atoms with van der Waals surface area (Å²) in [4.78, 5) is 17.2. The van der Waals surface area contributed by atoms with Gasteiger partial charge in [0.25, 0.3) is 0 Å². The lowest BCUT2D eigenvalue weighted by molar-refractivity contribution is -0.352. The Balaban J connectivity index is 1.12. The van der Waals surface area contributed by atoms with E-state index in [9.17, 15) is 18.0 Å². The lowest BCUT2D eigenvalue weighted by atomic mass is 9.81. The van der Waals surface area contributed by atoms with Crippen molar-refractivity contribution in [2.45, 2.75) is 62.8 Å². The van der Waals surface area contributed by atoms with Crippen molar-refractivity contribution >= 4 is 34.2 Å². The number of nitrogens with one attached hydrogen (secondary N) is 1. The van der Waals surface area contributed by atoms with E-state index < -0.39 is 12.5 Å². The van der Waals surface area contributed by atoms with Crippen LogP contribution >= 0.6 is 11.6 Å². The maximum Gasteiger partial charge on any atom is 0.522 e. The number of carbonyl (C=O) groups excluding carboxylic acids is 1. The van der Waals surface area contributed by atoms with Gasteiger partial charge in [0.1, 0.15) is 5.82 Å². The van der Waals surface area contributed by atoms with Crippen molar-refractivity contribution in [2.24, 2.45) is 5.92 Å². The minimum Gasteiger partial charge on any atom is -0.425 e. The Kier molecular flexibility index (Phi) is 6.20. The summed E-state index contributed by atoms with van der Waals surface area (Å²) in [5, 5.41) is 12.6. The highest BCUT2D eigenvalue weighted by atomic mass is 35.5.